The Morgan fingerprint density at radius 1 is 1.20 bits per heavy atom. The van der Waals surface area contributed by atoms with E-state index < -0.39 is 0 Å². The lowest BCUT2D eigenvalue weighted by atomic mass is 10.1. The molecule has 1 fully saturated rings. The first-order chi connectivity index (χ1) is 14.5. The van der Waals surface area contributed by atoms with Gasteiger partial charge in [0.25, 0.3) is 5.56 Å². The van der Waals surface area contributed by atoms with Gasteiger partial charge in [-0.05, 0) is 76.0 Å². The van der Waals surface area contributed by atoms with Crippen molar-refractivity contribution in [1.82, 2.24) is 19.8 Å². The number of anilines is 2. The summed E-state index contributed by atoms with van der Waals surface area (Å²) in [4.78, 5) is 30.1. The van der Waals surface area contributed by atoms with Crippen molar-refractivity contribution < 1.29 is 0 Å². The molecule has 30 heavy (non-hydrogen) atoms. The van der Waals surface area contributed by atoms with Crippen LogP contribution in [0.15, 0.2) is 33.9 Å². The summed E-state index contributed by atoms with van der Waals surface area (Å²) < 4.78 is 1.29. The molecule has 2 heterocycles. The Labute approximate surface area is 178 Å². The molecule has 0 bridgehead atoms. The molecule has 7 heteroatoms. The number of hydrogen-bond donors (Lipinski definition) is 3. The van der Waals surface area contributed by atoms with E-state index in [1.165, 1.54) is 28.2 Å². The van der Waals surface area contributed by atoms with Crippen LogP contribution < -0.4 is 21.9 Å². The quantitative estimate of drug-likeness (QED) is 0.522. The van der Waals surface area contributed by atoms with Crippen molar-refractivity contribution in [1.29, 1.82) is 0 Å². The molecule has 0 unspecified atom stereocenters. The molecule has 1 aliphatic rings. The lowest BCUT2D eigenvalue weighted by Crippen LogP contribution is -2.35. The third-order valence-electron chi connectivity index (χ3n) is 6.08. The zero-order valence-electron chi connectivity index (χ0n) is 18.5. The van der Waals surface area contributed by atoms with E-state index in [0.29, 0.717) is 18.4 Å². The number of nitrogens with one attached hydrogen (secondary N) is 3. The molecule has 7 nitrogen and oxygen atoms in total. The Morgan fingerprint density at radius 3 is 2.73 bits per heavy atom. The molecule has 1 aromatic heterocycles. The van der Waals surface area contributed by atoms with E-state index in [1.54, 1.807) is 0 Å². The number of nitrogens with zero attached hydrogens (tertiary/aromatic N) is 2. The molecule has 0 aliphatic carbocycles. The Balaban J connectivity index is 1.52. The van der Waals surface area contributed by atoms with Crippen LogP contribution in [0, 0.1) is 6.92 Å². The zero-order chi connectivity index (χ0) is 21.5. The van der Waals surface area contributed by atoms with Gasteiger partial charge in [-0.25, -0.2) is 4.79 Å². The fourth-order valence-electron chi connectivity index (χ4n) is 4.09. The van der Waals surface area contributed by atoms with Crippen LogP contribution in [0.1, 0.15) is 43.7 Å². The maximum absolute atomic E-state index is 12.5. The van der Waals surface area contributed by atoms with Gasteiger partial charge >= 0.3 is 5.69 Å². The number of aromatic amines is 1. The smallest absolute Gasteiger partial charge is 0.329 e. The number of H-pyrrole nitrogens is 1. The first-order valence-corrected chi connectivity index (χ1v) is 11.1. The molecular weight excluding hydrogens is 378 g/mol. The average molecular weight is 414 g/mol. The first kappa shape index (κ1) is 22.3. The van der Waals surface area contributed by atoms with Crippen LogP contribution in [0.2, 0.25) is 0 Å². The Kier molecular flexibility index (Phi) is 7.87. The maximum atomic E-state index is 12.5. The molecular formula is C23H35N5O2. The van der Waals surface area contributed by atoms with Crippen molar-refractivity contribution in [3.05, 3.63) is 56.2 Å². The van der Waals surface area contributed by atoms with Gasteiger partial charge in [-0.3, -0.25) is 14.3 Å². The van der Waals surface area contributed by atoms with Crippen molar-refractivity contribution in [2.45, 2.75) is 58.5 Å². The Morgan fingerprint density at radius 2 is 2.03 bits per heavy atom. The van der Waals surface area contributed by atoms with Crippen LogP contribution >= 0.6 is 0 Å². The largest absolute Gasteiger partial charge is 0.342 e. The highest BCUT2D eigenvalue weighted by atomic mass is 16.2. The standard InChI is InChI=1S/C23H35N5O2/c1-4-18-14-19(9-8-17(18)2)25-21-15-22(29)28(23(30)26-21)13-7-5-6-12-27(3)20-10-11-24-16-20/h8-9,14-15,20,24-25H,4-7,10-13,16H2,1-3H3,(H,26,30)/t20-/m0/s1. The summed E-state index contributed by atoms with van der Waals surface area (Å²) >= 11 is 0. The van der Waals surface area contributed by atoms with Gasteiger partial charge in [0.2, 0.25) is 0 Å². The molecule has 164 valence electrons. The minimum atomic E-state index is -0.359. The second-order valence-corrected chi connectivity index (χ2v) is 8.29. The fraction of sp³-hybridized carbons (Fsp3) is 0.565. The minimum absolute atomic E-state index is 0.266. The molecule has 1 atom stereocenters. The highest BCUT2D eigenvalue weighted by Gasteiger charge is 2.18. The fourth-order valence-corrected chi connectivity index (χ4v) is 4.09. The molecule has 0 amide bonds. The van der Waals surface area contributed by atoms with E-state index in [9.17, 15) is 9.59 Å². The average Bonchev–Trinajstić information content (AvgIpc) is 3.26. The lowest BCUT2D eigenvalue weighted by molar-refractivity contribution is 0.250. The third-order valence-corrected chi connectivity index (χ3v) is 6.08. The second kappa shape index (κ2) is 10.6. The molecule has 3 N–H and O–H groups in total. The number of likely N-dealkylation sites (N-methyl/N-ethyl adjacent to an activating group) is 1. The highest BCUT2D eigenvalue weighted by molar-refractivity contribution is 5.57. The van der Waals surface area contributed by atoms with Crippen molar-refractivity contribution in [3.63, 3.8) is 0 Å². The van der Waals surface area contributed by atoms with Crippen LogP contribution in [-0.2, 0) is 13.0 Å². The third kappa shape index (κ3) is 5.83. The predicted octanol–water partition coefficient (Wildman–Crippen LogP) is 2.62. The van der Waals surface area contributed by atoms with Gasteiger partial charge in [-0.1, -0.05) is 19.4 Å². The van der Waals surface area contributed by atoms with Gasteiger partial charge < -0.3 is 15.5 Å². The zero-order valence-corrected chi connectivity index (χ0v) is 18.5. The van der Waals surface area contributed by atoms with E-state index in [-0.39, 0.29) is 11.2 Å². The Bertz CT molecular complexity index is 912. The van der Waals surface area contributed by atoms with E-state index in [0.717, 1.165) is 51.0 Å². The van der Waals surface area contributed by atoms with Gasteiger partial charge in [-0.2, -0.15) is 0 Å². The van der Waals surface area contributed by atoms with E-state index in [2.05, 4.69) is 47.5 Å². The summed E-state index contributed by atoms with van der Waals surface area (Å²) in [5, 5.41) is 6.54. The van der Waals surface area contributed by atoms with E-state index >= 15 is 0 Å². The first-order valence-electron chi connectivity index (χ1n) is 11.1. The summed E-state index contributed by atoms with van der Waals surface area (Å²) in [5.41, 5.74) is 2.72. The summed E-state index contributed by atoms with van der Waals surface area (Å²) in [7, 11) is 2.18. The Hall–Kier alpha value is -2.38. The predicted molar refractivity (Wildman–Crippen MR) is 123 cm³/mol. The van der Waals surface area contributed by atoms with Crippen molar-refractivity contribution in [2.24, 2.45) is 0 Å². The van der Waals surface area contributed by atoms with Crippen molar-refractivity contribution in [3.8, 4) is 0 Å². The number of benzene rings is 1. The molecule has 0 radical (unpaired) electrons. The SMILES string of the molecule is CCc1cc(Nc2cc(=O)n(CCCCCN(C)[C@H]3CCNC3)c(=O)[nH]2)ccc1C. The normalized spacial score (nSPS) is 16.3. The minimum Gasteiger partial charge on any atom is -0.342 e. The number of aryl methyl sites for hydroxylation is 2. The topological polar surface area (TPSA) is 82.2 Å². The molecule has 0 saturated carbocycles. The number of hydrogen-bond acceptors (Lipinski definition) is 5. The van der Waals surface area contributed by atoms with Crippen molar-refractivity contribution >= 4 is 11.5 Å². The summed E-state index contributed by atoms with van der Waals surface area (Å²) in [6.07, 6.45) is 5.05. The summed E-state index contributed by atoms with van der Waals surface area (Å²) in [5.74, 6) is 0.430. The van der Waals surface area contributed by atoms with Crippen LogP contribution in [0.25, 0.3) is 0 Å². The number of aromatic nitrogens is 2. The summed E-state index contributed by atoms with van der Waals surface area (Å²) in [6.45, 7) is 7.87. The molecule has 1 saturated heterocycles. The molecule has 0 spiro atoms. The van der Waals surface area contributed by atoms with Gasteiger partial charge in [0, 0.05) is 30.9 Å². The number of rotatable bonds is 10. The monoisotopic (exact) mass is 413 g/mol. The molecule has 2 aromatic rings. The van der Waals surface area contributed by atoms with Gasteiger partial charge in [0.05, 0.1) is 0 Å². The van der Waals surface area contributed by atoms with E-state index in [1.807, 2.05) is 12.1 Å². The van der Waals surface area contributed by atoms with Crippen LogP contribution in [0.5, 0.6) is 0 Å². The van der Waals surface area contributed by atoms with Crippen LogP contribution in [0.3, 0.4) is 0 Å². The maximum Gasteiger partial charge on any atom is 0.329 e. The molecule has 3 rings (SSSR count). The van der Waals surface area contributed by atoms with Crippen LogP contribution in [-0.4, -0.2) is 47.2 Å². The number of unbranched alkanes of at least 4 members (excludes halogenated alkanes) is 2. The van der Waals surface area contributed by atoms with Gasteiger partial charge in [0.1, 0.15) is 5.82 Å². The lowest BCUT2D eigenvalue weighted by Gasteiger charge is -2.23. The highest BCUT2D eigenvalue weighted by Crippen LogP contribution is 2.18. The van der Waals surface area contributed by atoms with Gasteiger partial charge in [-0.15, -0.1) is 0 Å². The van der Waals surface area contributed by atoms with Crippen molar-refractivity contribution in [2.75, 3.05) is 32.0 Å². The van der Waals surface area contributed by atoms with Gasteiger partial charge in [0.15, 0.2) is 0 Å². The molecule has 1 aromatic carbocycles. The second-order valence-electron chi connectivity index (χ2n) is 8.29. The summed E-state index contributed by atoms with van der Waals surface area (Å²) in [6, 6.07) is 8.15. The van der Waals surface area contributed by atoms with E-state index in [4.69, 9.17) is 0 Å². The van der Waals surface area contributed by atoms with Crippen LogP contribution in [0.4, 0.5) is 11.5 Å². The molecule has 1 aliphatic heterocycles.